The predicted octanol–water partition coefficient (Wildman–Crippen LogP) is 5.19. The van der Waals surface area contributed by atoms with Gasteiger partial charge in [-0.25, -0.2) is 18.2 Å². The van der Waals surface area contributed by atoms with E-state index >= 15 is 0 Å². The fourth-order valence-electron chi connectivity index (χ4n) is 4.07. The molecule has 2 aliphatic rings. The summed E-state index contributed by atoms with van der Waals surface area (Å²) >= 11 is 0. The molecule has 11 heteroatoms. The van der Waals surface area contributed by atoms with E-state index in [0.29, 0.717) is 36.0 Å². The molecule has 0 saturated heterocycles. The average Bonchev–Trinajstić information content (AvgIpc) is 2.69. The van der Waals surface area contributed by atoms with Crippen LogP contribution in [0.15, 0.2) is 12.1 Å². The molecule has 7 nitrogen and oxygen atoms in total. The van der Waals surface area contributed by atoms with Crippen molar-refractivity contribution in [1.29, 1.82) is 0 Å². The minimum atomic E-state index is -1.51. The van der Waals surface area contributed by atoms with Gasteiger partial charge in [0, 0.05) is 44.1 Å². The minimum Gasteiger partial charge on any atom is -0.490 e. The van der Waals surface area contributed by atoms with Crippen molar-refractivity contribution in [3.8, 4) is 5.75 Å². The number of ether oxygens (including phenoxy) is 1. The SMILES string of the molecule is C.C.Cc1nc(NC2CC(Oc3cc(F)c(F)c(F)c3)C2)nc2c1N(C(C)C)C(=O)[C@H](C)N2C.S. The number of rotatable bonds is 5. The number of benzene rings is 1. The van der Waals surface area contributed by atoms with E-state index in [4.69, 9.17) is 4.74 Å². The highest BCUT2D eigenvalue weighted by molar-refractivity contribution is 7.59. The summed E-state index contributed by atoms with van der Waals surface area (Å²) in [5.74, 6) is -2.97. The quantitative estimate of drug-likeness (QED) is 0.553. The summed E-state index contributed by atoms with van der Waals surface area (Å²) in [7, 11) is 1.84. The number of carbonyl (C=O) groups is 1. The van der Waals surface area contributed by atoms with Gasteiger partial charge in [-0.3, -0.25) is 4.79 Å². The molecule has 1 aromatic carbocycles. The molecule has 1 amide bonds. The number of likely N-dealkylation sites (N-methyl/N-ethyl adjacent to an activating group) is 1. The van der Waals surface area contributed by atoms with Crippen LogP contribution in [-0.4, -0.2) is 47.2 Å². The maximum absolute atomic E-state index is 13.4. The summed E-state index contributed by atoms with van der Waals surface area (Å²) in [4.78, 5) is 25.6. The molecule has 1 aromatic heterocycles. The zero-order chi connectivity index (χ0) is 23.3. The number of nitrogens with one attached hydrogen (secondary N) is 1. The van der Waals surface area contributed by atoms with Gasteiger partial charge in [0.15, 0.2) is 23.3 Å². The molecule has 1 atom stereocenters. The number of carbonyl (C=O) groups excluding carboxylic acids is 1. The molecule has 1 aliphatic carbocycles. The maximum Gasteiger partial charge on any atom is 0.249 e. The molecule has 0 spiro atoms. The first-order chi connectivity index (χ1) is 15.1. The molecule has 0 bridgehead atoms. The van der Waals surface area contributed by atoms with Crippen LogP contribution < -0.4 is 19.9 Å². The first-order valence-corrected chi connectivity index (χ1v) is 10.6. The van der Waals surface area contributed by atoms with E-state index in [2.05, 4.69) is 15.3 Å². The predicted molar refractivity (Wildman–Crippen MR) is 138 cm³/mol. The Morgan fingerprint density at radius 2 is 1.69 bits per heavy atom. The molecule has 1 fully saturated rings. The van der Waals surface area contributed by atoms with Crippen LogP contribution >= 0.6 is 13.5 Å². The van der Waals surface area contributed by atoms with Crippen molar-refractivity contribution >= 4 is 36.9 Å². The summed E-state index contributed by atoms with van der Waals surface area (Å²) in [6.45, 7) is 7.61. The van der Waals surface area contributed by atoms with Crippen LogP contribution in [0.5, 0.6) is 5.75 Å². The normalized spacial score (nSPS) is 20.7. The number of halogens is 3. The van der Waals surface area contributed by atoms with E-state index in [1.165, 1.54) is 0 Å². The van der Waals surface area contributed by atoms with Crippen molar-refractivity contribution in [1.82, 2.24) is 9.97 Å². The van der Waals surface area contributed by atoms with Crippen LogP contribution in [0.25, 0.3) is 0 Å². The van der Waals surface area contributed by atoms with Gasteiger partial charge in [-0.15, -0.1) is 0 Å². The summed E-state index contributed by atoms with van der Waals surface area (Å²) in [6.07, 6.45) is 0.888. The van der Waals surface area contributed by atoms with Crippen LogP contribution in [-0.2, 0) is 4.79 Å². The number of nitrogens with zero attached hydrogens (tertiary/aromatic N) is 4. The van der Waals surface area contributed by atoms with Crippen molar-refractivity contribution in [2.75, 3.05) is 22.2 Å². The number of hydrogen-bond acceptors (Lipinski definition) is 6. The van der Waals surface area contributed by atoms with Crippen LogP contribution in [0.1, 0.15) is 54.2 Å². The van der Waals surface area contributed by atoms with Crippen molar-refractivity contribution in [2.45, 2.75) is 79.6 Å². The topological polar surface area (TPSA) is 70.6 Å². The molecule has 1 N–H and O–H groups in total. The molecule has 2 heterocycles. The van der Waals surface area contributed by atoms with Crippen LogP contribution in [0.4, 0.5) is 30.6 Å². The Morgan fingerprint density at radius 1 is 1.11 bits per heavy atom. The first-order valence-electron chi connectivity index (χ1n) is 10.6. The summed E-state index contributed by atoms with van der Waals surface area (Å²) < 4.78 is 45.4. The maximum atomic E-state index is 13.4. The average molecular weight is 516 g/mol. The van der Waals surface area contributed by atoms with Gasteiger partial charge in [-0.1, -0.05) is 14.9 Å². The van der Waals surface area contributed by atoms with Crippen LogP contribution in [0, 0.1) is 24.4 Å². The van der Waals surface area contributed by atoms with Crippen molar-refractivity contribution in [3.63, 3.8) is 0 Å². The number of fused-ring (bicyclic) bond motifs is 1. The Kier molecular flexibility index (Phi) is 9.85. The Bertz CT molecular complexity index is 1040. The third-order valence-electron chi connectivity index (χ3n) is 6.00. The summed E-state index contributed by atoms with van der Waals surface area (Å²) in [5, 5.41) is 3.27. The monoisotopic (exact) mass is 515 g/mol. The molecule has 1 aliphatic heterocycles. The summed E-state index contributed by atoms with van der Waals surface area (Å²) in [6, 6.07) is 1.33. The third-order valence-corrected chi connectivity index (χ3v) is 6.00. The zero-order valence-corrected chi connectivity index (χ0v) is 20.1. The van der Waals surface area contributed by atoms with Gasteiger partial charge in [-0.05, 0) is 27.7 Å². The number of anilines is 3. The molecule has 0 unspecified atom stereocenters. The van der Waals surface area contributed by atoms with Gasteiger partial charge in [0.1, 0.15) is 23.6 Å². The molecule has 2 aromatic rings. The van der Waals surface area contributed by atoms with Crippen molar-refractivity contribution in [2.24, 2.45) is 0 Å². The lowest BCUT2D eigenvalue weighted by molar-refractivity contribution is -0.120. The fourth-order valence-corrected chi connectivity index (χ4v) is 4.07. The van der Waals surface area contributed by atoms with E-state index in [1.807, 2.05) is 39.6 Å². The second-order valence-corrected chi connectivity index (χ2v) is 8.65. The smallest absolute Gasteiger partial charge is 0.249 e. The summed E-state index contributed by atoms with van der Waals surface area (Å²) in [5.41, 5.74) is 1.41. The number of aromatic nitrogens is 2. The number of hydrogen-bond donors (Lipinski definition) is 1. The Morgan fingerprint density at radius 3 is 2.23 bits per heavy atom. The molecular weight excluding hydrogens is 479 g/mol. The number of amides is 1. The highest BCUT2D eigenvalue weighted by Gasteiger charge is 2.38. The molecule has 0 radical (unpaired) electrons. The van der Waals surface area contributed by atoms with Gasteiger partial charge >= 0.3 is 0 Å². The third kappa shape index (κ3) is 5.60. The lowest BCUT2D eigenvalue weighted by atomic mass is 9.89. The molecule has 196 valence electrons. The van der Waals surface area contributed by atoms with Crippen LogP contribution in [0.3, 0.4) is 0 Å². The highest BCUT2D eigenvalue weighted by atomic mass is 32.1. The van der Waals surface area contributed by atoms with E-state index in [1.54, 1.807) is 4.90 Å². The largest absolute Gasteiger partial charge is 0.490 e. The van der Waals surface area contributed by atoms with E-state index in [0.717, 1.165) is 12.1 Å². The van der Waals surface area contributed by atoms with E-state index in [-0.39, 0.29) is 64.2 Å². The van der Waals surface area contributed by atoms with Crippen molar-refractivity contribution < 1.29 is 22.7 Å². The Hall–Kier alpha value is -2.69. The van der Waals surface area contributed by atoms with Gasteiger partial charge in [0.25, 0.3) is 0 Å². The number of aryl methyl sites for hydroxylation is 1. The van der Waals surface area contributed by atoms with Crippen molar-refractivity contribution in [3.05, 3.63) is 35.3 Å². The van der Waals surface area contributed by atoms with E-state index < -0.39 is 17.5 Å². The standard InChI is InChI=1S/C22H26F3N5O2.2CH4.H2S/c1-10(2)30-19-11(3)26-22(28-20(19)29(5)12(4)21(30)31)27-13-6-14(7-13)32-15-8-16(23)18(25)17(24)9-15;;;/h8-10,12-14H,6-7H2,1-5H3,(H,26,27,28);2*1H4;1H2/t12-,13?,14?;;;/m0.../s1. The van der Waals surface area contributed by atoms with Crippen LogP contribution in [0.2, 0.25) is 0 Å². The second-order valence-electron chi connectivity index (χ2n) is 8.65. The Balaban J connectivity index is 0.00000204. The first kappa shape index (κ1) is 30.3. The second kappa shape index (κ2) is 11.4. The lowest BCUT2D eigenvalue weighted by Gasteiger charge is -2.41. The highest BCUT2D eigenvalue weighted by Crippen LogP contribution is 2.38. The van der Waals surface area contributed by atoms with E-state index in [9.17, 15) is 18.0 Å². The zero-order valence-electron chi connectivity index (χ0n) is 19.1. The molecule has 4 rings (SSSR count). The van der Waals surface area contributed by atoms with Gasteiger partial charge in [-0.2, -0.15) is 18.5 Å². The minimum absolute atomic E-state index is 0. The molecule has 35 heavy (non-hydrogen) atoms. The van der Waals surface area contributed by atoms with Gasteiger partial charge in [0.2, 0.25) is 11.9 Å². The molecule has 1 saturated carbocycles. The Labute approximate surface area is 212 Å². The van der Waals surface area contributed by atoms with Gasteiger partial charge in [0.05, 0.1) is 5.69 Å². The fraction of sp³-hybridized carbons (Fsp3) is 0.542. The van der Waals surface area contributed by atoms with Gasteiger partial charge < -0.3 is 19.9 Å². The lowest BCUT2D eigenvalue weighted by Crippen LogP contribution is -2.54. The molecular formula is C24H36F3N5O2S.